The molecule has 7 nitrogen and oxygen atoms in total. The maximum Gasteiger partial charge on any atom is 0.173 e. The van der Waals surface area contributed by atoms with Gasteiger partial charge < -0.3 is 9.64 Å². The van der Waals surface area contributed by atoms with Gasteiger partial charge in [-0.3, -0.25) is 4.90 Å². The summed E-state index contributed by atoms with van der Waals surface area (Å²) in [4.78, 5) is 4.82. The zero-order valence-corrected chi connectivity index (χ0v) is 17.2. The summed E-state index contributed by atoms with van der Waals surface area (Å²) < 4.78 is 7.08. The predicted molar refractivity (Wildman–Crippen MR) is 113 cm³/mol. The molecule has 1 atom stereocenters. The van der Waals surface area contributed by atoms with E-state index < -0.39 is 0 Å². The Bertz CT molecular complexity index is 910. The van der Waals surface area contributed by atoms with E-state index >= 15 is 0 Å². The van der Waals surface area contributed by atoms with Gasteiger partial charge in [-0.25, -0.2) is 4.68 Å². The Hall–Kier alpha value is -2.48. The molecule has 1 unspecified atom stereocenters. The molecule has 1 aliphatic rings. The SMILES string of the molecule is COCCn1nnnc1C(c1ccccc1)N1CCN(c2cccc(Cl)c2)CC1. The first-order chi connectivity index (χ1) is 14.3. The Morgan fingerprint density at radius 2 is 1.83 bits per heavy atom. The normalized spacial score (nSPS) is 16.1. The van der Waals surface area contributed by atoms with E-state index in [1.54, 1.807) is 7.11 Å². The van der Waals surface area contributed by atoms with E-state index in [-0.39, 0.29) is 6.04 Å². The molecule has 2 heterocycles. The minimum absolute atomic E-state index is 0.00423. The Kier molecular flexibility index (Phi) is 6.39. The van der Waals surface area contributed by atoms with Gasteiger partial charge in [-0.1, -0.05) is 48.0 Å². The van der Waals surface area contributed by atoms with Crippen LogP contribution in [0.1, 0.15) is 17.4 Å². The van der Waals surface area contributed by atoms with Crippen molar-refractivity contribution in [1.82, 2.24) is 25.1 Å². The molecule has 1 saturated heterocycles. The molecule has 2 aromatic carbocycles. The standard InChI is InChI=1S/C21H25ClN6O/c1-29-15-14-28-21(23-24-25-28)20(17-6-3-2-4-7-17)27-12-10-26(11-13-27)19-9-5-8-18(22)16-19/h2-9,16,20H,10-15H2,1H3. The summed E-state index contributed by atoms with van der Waals surface area (Å²) in [7, 11) is 1.69. The number of anilines is 1. The molecule has 1 aromatic heterocycles. The van der Waals surface area contributed by atoms with Crippen LogP contribution in [0.2, 0.25) is 5.02 Å². The highest BCUT2D eigenvalue weighted by molar-refractivity contribution is 6.30. The minimum Gasteiger partial charge on any atom is -0.383 e. The summed E-state index contributed by atoms with van der Waals surface area (Å²) in [5.41, 5.74) is 2.36. The van der Waals surface area contributed by atoms with Gasteiger partial charge in [0.1, 0.15) is 0 Å². The van der Waals surface area contributed by atoms with Crippen molar-refractivity contribution in [3.05, 3.63) is 71.0 Å². The predicted octanol–water partition coefficient (Wildman–Crippen LogP) is 2.88. The fourth-order valence-corrected chi connectivity index (χ4v) is 4.00. The van der Waals surface area contributed by atoms with Crippen LogP contribution < -0.4 is 4.90 Å². The molecule has 1 fully saturated rings. The van der Waals surface area contributed by atoms with Crippen LogP contribution in [-0.2, 0) is 11.3 Å². The summed E-state index contributed by atoms with van der Waals surface area (Å²) in [5.74, 6) is 0.851. The van der Waals surface area contributed by atoms with Crippen LogP contribution >= 0.6 is 11.6 Å². The monoisotopic (exact) mass is 412 g/mol. The van der Waals surface area contributed by atoms with Gasteiger partial charge in [0.25, 0.3) is 0 Å². The number of ether oxygens (including phenoxy) is 1. The number of rotatable bonds is 7. The zero-order valence-electron chi connectivity index (χ0n) is 16.5. The topological polar surface area (TPSA) is 59.3 Å². The molecule has 0 saturated carbocycles. The molecule has 8 heteroatoms. The molecule has 0 radical (unpaired) electrons. The highest BCUT2D eigenvalue weighted by atomic mass is 35.5. The number of piperazine rings is 1. The summed E-state index contributed by atoms with van der Waals surface area (Å²) >= 11 is 6.18. The second-order valence-corrected chi connectivity index (χ2v) is 7.51. The van der Waals surface area contributed by atoms with Crippen LogP contribution in [-0.4, -0.2) is 65.0 Å². The summed E-state index contributed by atoms with van der Waals surface area (Å²) in [6, 6.07) is 18.5. The van der Waals surface area contributed by atoms with Crippen molar-refractivity contribution in [2.24, 2.45) is 0 Å². The van der Waals surface area contributed by atoms with Crippen molar-refractivity contribution in [2.75, 3.05) is 44.8 Å². The number of benzene rings is 2. The fourth-order valence-electron chi connectivity index (χ4n) is 3.81. The van der Waals surface area contributed by atoms with E-state index in [0.717, 1.165) is 37.0 Å². The van der Waals surface area contributed by atoms with Crippen LogP contribution in [0.15, 0.2) is 54.6 Å². The lowest BCUT2D eigenvalue weighted by atomic mass is 10.0. The largest absolute Gasteiger partial charge is 0.383 e. The molecule has 0 aliphatic carbocycles. The maximum atomic E-state index is 6.18. The van der Waals surface area contributed by atoms with Gasteiger partial charge in [-0.2, -0.15) is 0 Å². The number of nitrogens with zero attached hydrogens (tertiary/aromatic N) is 6. The van der Waals surface area contributed by atoms with Crippen molar-refractivity contribution in [3.8, 4) is 0 Å². The number of halogens is 1. The maximum absolute atomic E-state index is 6.18. The third kappa shape index (κ3) is 4.58. The van der Waals surface area contributed by atoms with Gasteiger partial charge in [0.2, 0.25) is 0 Å². The first-order valence-electron chi connectivity index (χ1n) is 9.81. The molecular weight excluding hydrogens is 388 g/mol. The highest BCUT2D eigenvalue weighted by Crippen LogP contribution is 2.29. The van der Waals surface area contributed by atoms with Crippen LogP contribution in [0.5, 0.6) is 0 Å². The summed E-state index contributed by atoms with van der Waals surface area (Å²) in [6.45, 7) is 4.85. The number of methoxy groups -OCH3 is 1. The van der Waals surface area contributed by atoms with Crippen LogP contribution in [0.3, 0.4) is 0 Å². The third-order valence-corrected chi connectivity index (χ3v) is 5.51. The molecule has 152 valence electrons. The van der Waals surface area contributed by atoms with E-state index in [4.69, 9.17) is 16.3 Å². The second-order valence-electron chi connectivity index (χ2n) is 7.07. The van der Waals surface area contributed by atoms with Gasteiger partial charge in [-0.15, -0.1) is 5.10 Å². The van der Waals surface area contributed by atoms with E-state index in [0.29, 0.717) is 13.2 Å². The average molecular weight is 413 g/mol. The van der Waals surface area contributed by atoms with Gasteiger partial charge in [0, 0.05) is 44.0 Å². The Labute approximate surface area is 175 Å². The third-order valence-electron chi connectivity index (χ3n) is 5.28. The van der Waals surface area contributed by atoms with E-state index in [1.165, 1.54) is 11.3 Å². The molecule has 3 aromatic rings. The molecule has 0 bridgehead atoms. The van der Waals surface area contributed by atoms with Crippen molar-refractivity contribution in [1.29, 1.82) is 0 Å². The van der Waals surface area contributed by atoms with Gasteiger partial charge in [0.15, 0.2) is 5.82 Å². The lowest BCUT2D eigenvalue weighted by molar-refractivity contribution is 0.172. The Morgan fingerprint density at radius 1 is 1.03 bits per heavy atom. The quantitative estimate of drug-likeness (QED) is 0.594. The molecule has 0 amide bonds. The smallest absolute Gasteiger partial charge is 0.173 e. The number of tetrazole rings is 1. The molecule has 1 aliphatic heterocycles. The summed E-state index contributed by atoms with van der Waals surface area (Å²) in [5, 5.41) is 13.3. The van der Waals surface area contributed by atoms with Crippen molar-refractivity contribution in [3.63, 3.8) is 0 Å². The van der Waals surface area contributed by atoms with Gasteiger partial charge in [0.05, 0.1) is 19.2 Å². The van der Waals surface area contributed by atoms with Crippen LogP contribution in [0.25, 0.3) is 0 Å². The lowest BCUT2D eigenvalue weighted by Gasteiger charge is -2.40. The average Bonchev–Trinajstić information content (AvgIpc) is 3.22. The molecule has 0 N–H and O–H groups in total. The number of hydrogen-bond acceptors (Lipinski definition) is 6. The van der Waals surface area contributed by atoms with Crippen molar-refractivity contribution >= 4 is 17.3 Å². The second kappa shape index (κ2) is 9.35. The number of hydrogen-bond donors (Lipinski definition) is 0. The molecule has 0 spiro atoms. The van der Waals surface area contributed by atoms with Gasteiger partial charge >= 0.3 is 0 Å². The fraction of sp³-hybridized carbons (Fsp3) is 0.381. The molecule has 29 heavy (non-hydrogen) atoms. The molecule has 4 rings (SSSR count). The van der Waals surface area contributed by atoms with Crippen molar-refractivity contribution < 1.29 is 4.74 Å². The highest BCUT2D eigenvalue weighted by Gasteiger charge is 2.30. The van der Waals surface area contributed by atoms with E-state index in [1.807, 2.05) is 28.9 Å². The Morgan fingerprint density at radius 3 is 2.55 bits per heavy atom. The lowest BCUT2D eigenvalue weighted by Crippen LogP contribution is -2.48. The Balaban J connectivity index is 1.56. The number of aromatic nitrogens is 4. The zero-order chi connectivity index (χ0) is 20.1. The van der Waals surface area contributed by atoms with E-state index in [9.17, 15) is 0 Å². The summed E-state index contributed by atoms with van der Waals surface area (Å²) in [6.07, 6.45) is 0. The first kappa shape index (κ1) is 19.8. The van der Waals surface area contributed by atoms with Crippen molar-refractivity contribution in [2.45, 2.75) is 12.6 Å². The van der Waals surface area contributed by atoms with E-state index in [2.05, 4.69) is 55.7 Å². The van der Waals surface area contributed by atoms with Gasteiger partial charge in [-0.05, 0) is 34.2 Å². The van der Waals surface area contributed by atoms with Crippen LogP contribution in [0, 0.1) is 0 Å². The molecular formula is C21H25ClN6O. The minimum atomic E-state index is 0.00423. The first-order valence-corrected chi connectivity index (χ1v) is 10.2. The van der Waals surface area contributed by atoms with Crippen LogP contribution in [0.4, 0.5) is 5.69 Å².